The topological polar surface area (TPSA) is 16.1 Å². The highest BCUT2D eigenvalue weighted by Crippen LogP contribution is 2.29. The lowest BCUT2D eigenvalue weighted by molar-refractivity contribution is 0.373. The van der Waals surface area contributed by atoms with E-state index in [9.17, 15) is 0 Å². The third-order valence-electron chi connectivity index (χ3n) is 2.30. The van der Waals surface area contributed by atoms with Gasteiger partial charge in [0.05, 0.1) is 10.4 Å². The summed E-state index contributed by atoms with van der Waals surface area (Å²) in [5, 5.41) is 1.20. The van der Waals surface area contributed by atoms with Gasteiger partial charge < -0.3 is 4.90 Å². The van der Waals surface area contributed by atoms with E-state index in [-0.39, 0.29) is 0 Å². The van der Waals surface area contributed by atoms with Gasteiger partial charge in [0.25, 0.3) is 0 Å². The molecule has 0 bridgehead atoms. The predicted octanol–water partition coefficient (Wildman–Crippen LogP) is 2.58. The van der Waals surface area contributed by atoms with Gasteiger partial charge >= 0.3 is 0 Å². The normalized spacial score (nSPS) is 18.3. The predicted molar refractivity (Wildman–Crippen MR) is 64.0 cm³/mol. The van der Waals surface area contributed by atoms with Gasteiger partial charge in [-0.15, -0.1) is 23.1 Å². The summed E-state index contributed by atoms with van der Waals surface area (Å²) in [5.74, 6) is 0. The molecule has 0 radical (unpaired) electrons. The molecule has 1 aromatic rings. The van der Waals surface area contributed by atoms with Gasteiger partial charge in [-0.05, 0) is 25.3 Å². The molecule has 0 N–H and O–H groups in total. The summed E-state index contributed by atoms with van der Waals surface area (Å²) in [7, 11) is 2.16. The van der Waals surface area contributed by atoms with Gasteiger partial charge in [0, 0.05) is 13.1 Å². The van der Waals surface area contributed by atoms with Crippen molar-refractivity contribution < 1.29 is 0 Å². The molecule has 2 rings (SSSR count). The first kappa shape index (κ1) is 10.2. The number of likely N-dealkylation sites (N-methyl/N-ethyl adjacent to an activating group) is 1. The molecule has 4 heteroatoms. The van der Waals surface area contributed by atoms with Crippen LogP contribution in [0.25, 0.3) is 5.57 Å². The van der Waals surface area contributed by atoms with E-state index in [0.717, 1.165) is 13.0 Å². The van der Waals surface area contributed by atoms with Crippen LogP contribution in [-0.2, 0) is 0 Å². The summed E-state index contributed by atoms with van der Waals surface area (Å²) in [6.45, 7) is 2.21. The fraction of sp³-hybridized carbons (Fsp3) is 0.500. The van der Waals surface area contributed by atoms with Crippen molar-refractivity contribution in [1.29, 1.82) is 0 Å². The van der Waals surface area contributed by atoms with Crippen LogP contribution in [0.4, 0.5) is 0 Å². The number of aromatic nitrogens is 1. The molecule has 0 atom stereocenters. The fourth-order valence-electron chi connectivity index (χ4n) is 1.55. The van der Waals surface area contributed by atoms with E-state index in [1.54, 1.807) is 23.1 Å². The second-order valence-electron chi connectivity index (χ2n) is 3.44. The summed E-state index contributed by atoms with van der Waals surface area (Å²) < 4.78 is 1.30. The maximum absolute atomic E-state index is 4.45. The van der Waals surface area contributed by atoms with Crippen LogP contribution >= 0.6 is 23.1 Å². The monoisotopic (exact) mass is 226 g/mol. The molecule has 1 aliphatic rings. The van der Waals surface area contributed by atoms with Gasteiger partial charge in [-0.25, -0.2) is 4.98 Å². The maximum Gasteiger partial charge on any atom is 0.121 e. The average Bonchev–Trinajstić information content (AvgIpc) is 2.66. The Labute approximate surface area is 93.0 Å². The molecule has 0 saturated heterocycles. The van der Waals surface area contributed by atoms with E-state index in [1.165, 1.54) is 21.3 Å². The maximum atomic E-state index is 4.45. The van der Waals surface area contributed by atoms with Crippen LogP contribution in [0, 0.1) is 0 Å². The number of hydrogen-bond acceptors (Lipinski definition) is 4. The first-order valence-electron chi connectivity index (χ1n) is 4.67. The zero-order chi connectivity index (χ0) is 9.97. The molecular formula is C10H14N2S2. The van der Waals surface area contributed by atoms with Crippen molar-refractivity contribution in [2.24, 2.45) is 0 Å². The molecule has 2 nitrogen and oxygen atoms in total. The third-order valence-corrected chi connectivity index (χ3v) is 4.43. The van der Waals surface area contributed by atoms with E-state index < -0.39 is 0 Å². The van der Waals surface area contributed by atoms with E-state index in [2.05, 4.69) is 29.3 Å². The average molecular weight is 226 g/mol. The number of hydrogen-bond donors (Lipinski definition) is 0. The standard InChI is InChI=1S/C10H14N2S2/c1-12-5-3-4-8(7-12)10-11-6-9(13-2)14-10/h4,6H,3,5,7H2,1-2H3. The number of thioether (sulfide) groups is 1. The minimum Gasteiger partial charge on any atom is -0.302 e. The van der Waals surface area contributed by atoms with Crippen molar-refractivity contribution >= 4 is 28.7 Å². The van der Waals surface area contributed by atoms with Gasteiger partial charge in [-0.3, -0.25) is 0 Å². The third kappa shape index (κ3) is 2.19. The number of rotatable bonds is 2. The first-order chi connectivity index (χ1) is 6.79. The summed E-state index contributed by atoms with van der Waals surface area (Å²) in [6.07, 6.45) is 7.54. The molecule has 0 fully saturated rings. The van der Waals surface area contributed by atoms with E-state index in [0.29, 0.717) is 0 Å². The highest BCUT2D eigenvalue weighted by atomic mass is 32.2. The van der Waals surface area contributed by atoms with Crippen LogP contribution in [0.5, 0.6) is 0 Å². The molecule has 1 aromatic heterocycles. The van der Waals surface area contributed by atoms with Crippen molar-refractivity contribution in [3.05, 3.63) is 17.3 Å². The van der Waals surface area contributed by atoms with Crippen molar-refractivity contribution in [3.8, 4) is 0 Å². The van der Waals surface area contributed by atoms with Crippen LogP contribution in [0.15, 0.2) is 16.5 Å². The molecule has 0 aromatic carbocycles. The summed E-state index contributed by atoms with van der Waals surface area (Å²) in [4.78, 5) is 6.79. The highest BCUT2D eigenvalue weighted by Gasteiger charge is 2.13. The van der Waals surface area contributed by atoms with Gasteiger partial charge in [-0.1, -0.05) is 6.08 Å². The Morgan fingerprint density at radius 3 is 3.07 bits per heavy atom. The van der Waals surface area contributed by atoms with E-state index in [1.807, 2.05) is 6.20 Å². The second kappa shape index (κ2) is 4.47. The second-order valence-corrected chi connectivity index (χ2v) is 5.58. The molecule has 0 amide bonds. The lowest BCUT2D eigenvalue weighted by Gasteiger charge is -2.21. The van der Waals surface area contributed by atoms with E-state index >= 15 is 0 Å². The zero-order valence-electron chi connectivity index (χ0n) is 8.49. The quantitative estimate of drug-likeness (QED) is 0.721. The Kier molecular flexibility index (Phi) is 3.26. The van der Waals surface area contributed by atoms with Crippen molar-refractivity contribution in [2.75, 3.05) is 26.4 Å². The Hall–Kier alpha value is -0.320. The van der Waals surface area contributed by atoms with Crippen LogP contribution in [0.2, 0.25) is 0 Å². The van der Waals surface area contributed by atoms with E-state index in [4.69, 9.17) is 0 Å². The Morgan fingerprint density at radius 1 is 1.57 bits per heavy atom. The van der Waals surface area contributed by atoms with Crippen LogP contribution < -0.4 is 0 Å². The van der Waals surface area contributed by atoms with Gasteiger partial charge in [-0.2, -0.15) is 0 Å². The fourth-order valence-corrected chi connectivity index (χ4v) is 2.96. The molecule has 0 saturated carbocycles. The summed E-state index contributed by atoms with van der Waals surface area (Å²) in [6, 6.07) is 0. The largest absolute Gasteiger partial charge is 0.302 e. The molecular weight excluding hydrogens is 212 g/mol. The van der Waals surface area contributed by atoms with Crippen molar-refractivity contribution in [3.63, 3.8) is 0 Å². The molecule has 76 valence electrons. The lowest BCUT2D eigenvalue weighted by Crippen LogP contribution is -2.24. The smallest absolute Gasteiger partial charge is 0.121 e. The zero-order valence-corrected chi connectivity index (χ0v) is 10.1. The van der Waals surface area contributed by atoms with Gasteiger partial charge in [0.1, 0.15) is 5.01 Å². The molecule has 2 heterocycles. The number of nitrogens with zero attached hydrogens (tertiary/aromatic N) is 2. The van der Waals surface area contributed by atoms with Crippen LogP contribution in [0.3, 0.4) is 0 Å². The van der Waals surface area contributed by atoms with Crippen LogP contribution in [-0.4, -0.2) is 36.3 Å². The summed E-state index contributed by atoms with van der Waals surface area (Å²) in [5.41, 5.74) is 1.39. The SMILES string of the molecule is CSc1cnc(C2=CCCN(C)C2)s1. The molecule has 14 heavy (non-hydrogen) atoms. The van der Waals surface area contributed by atoms with Crippen LogP contribution in [0.1, 0.15) is 11.4 Å². The molecule has 0 spiro atoms. The Bertz CT molecular complexity index is 344. The Morgan fingerprint density at radius 2 is 2.43 bits per heavy atom. The molecule has 1 aliphatic heterocycles. The summed E-state index contributed by atoms with van der Waals surface area (Å²) >= 11 is 3.57. The molecule has 0 unspecified atom stereocenters. The molecule has 0 aliphatic carbocycles. The highest BCUT2D eigenvalue weighted by molar-refractivity contribution is 8.00. The van der Waals surface area contributed by atoms with Crippen molar-refractivity contribution in [2.45, 2.75) is 10.6 Å². The first-order valence-corrected chi connectivity index (χ1v) is 6.71. The van der Waals surface area contributed by atoms with Gasteiger partial charge in [0.2, 0.25) is 0 Å². The van der Waals surface area contributed by atoms with Gasteiger partial charge in [0.15, 0.2) is 0 Å². The lowest BCUT2D eigenvalue weighted by atomic mass is 10.1. The minimum absolute atomic E-state index is 1.04. The van der Waals surface area contributed by atoms with Crippen molar-refractivity contribution in [1.82, 2.24) is 9.88 Å². The minimum atomic E-state index is 1.04. The number of thiazole rings is 1. The Balaban J connectivity index is 2.18.